The number of aromatic nitrogens is 1. The van der Waals surface area contributed by atoms with E-state index in [1.54, 1.807) is 43.6 Å². The summed E-state index contributed by atoms with van der Waals surface area (Å²) in [5, 5.41) is 11.2. The predicted molar refractivity (Wildman–Crippen MR) is 135 cm³/mol. The van der Waals surface area contributed by atoms with Crippen LogP contribution in [0.3, 0.4) is 0 Å². The van der Waals surface area contributed by atoms with Crippen molar-refractivity contribution in [3.8, 4) is 17.6 Å². The number of piperidine rings is 1. The van der Waals surface area contributed by atoms with Crippen LogP contribution >= 0.6 is 11.6 Å². The maximum absolute atomic E-state index is 15.4. The number of pyridine rings is 1. The van der Waals surface area contributed by atoms with E-state index >= 15 is 4.39 Å². The number of ether oxygens (including phenoxy) is 1. The van der Waals surface area contributed by atoms with Crippen LogP contribution < -0.4 is 4.74 Å². The molecule has 3 aromatic rings. The number of nitrogens with zero attached hydrogens (tertiary/aromatic N) is 2. The number of rotatable bonds is 7. The summed E-state index contributed by atoms with van der Waals surface area (Å²) in [6, 6.07) is 14.4. The highest BCUT2D eigenvalue weighted by Gasteiger charge is 2.34. The summed E-state index contributed by atoms with van der Waals surface area (Å²) in [4.78, 5) is 18.4. The van der Waals surface area contributed by atoms with Crippen LogP contribution in [-0.4, -0.2) is 47.7 Å². The third kappa shape index (κ3) is 6.30. The van der Waals surface area contributed by atoms with Crippen LogP contribution in [0.2, 0.25) is 5.02 Å². The SMILES string of the molecule is COc1ccc2nccc([C@H](F)CC[C@@H]3CCN(CC#Cc4ccc(Cl)cc4)C[C@@H]3C(=O)O)c2c1. The fourth-order valence-electron chi connectivity index (χ4n) is 4.69. The first-order valence-corrected chi connectivity index (χ1v) is 12.1. The fraction of sp³-hybridized carbons (Fsp3) is 0.357. The average molecular weight is 495 g/mol. The highest BCUT2D eigenvalue weighted by molar-refractivity contribution is 6.30. The lowest BCUT2D eigenvalue weighted by atomic mass is 9.81. The van der Waals surface area contributed by atoms with Crippen molar-refractivity contribution in [2.24, 2.45) is 11.8 Å². The summed E-state index contributed by atoms with van der Waals surface area (Å²) in [5.74, 6) is 5.42. The quantitative estimate of drug-likeness (QED) is 0.423. The van der Waals surface area contributed by atoms with Crippen molar-refractivity contribution >= 4 is 28.5 Å². The lowest BCUT2D eigenvalue weighted by Gasteiger charge is -2.35. The van der Waals surface area contributed by atoms with Gasteiger partial charge in [0.15, 0.2) is 0 Å². The number of aliphatic carboxylic acids is 1. The minimum atomic E-state index is -1.20. The van der Waals surface area contributed by atoms with Gasteiger partial charge in [0.2, 0.25) is 0 Å². The Labute approximate surface area is 209 Å². The van der Waals surface area contributed by atoms with E-state index in [2.05, 4.69) is 21.7 Å². The molecule has 4 rings (SSSR count). The van der Waals surface area contributed by atoms with Crippen molar-refractivity contribution in [1.29, 1.82) is 0 Å². The number of methoxy groups -OCH3 is 1. The molecule has 1 N–H and O–H groups in total. The molecule has 3 atom stereocenters. The molecular weight excluding hydrogens is 467 g/mol. The first-order valence-electron chi connectivity index (χ1n) is 11.7. The van der Waals surface area contributed by atoms with E-state index in [4.69, 9.17) is 16.3 Å². The number of fused-ring (bicyclic) bond motifs is 1. The number of carboxylic acid groups (broad SMARTS) is 1. The van der Waals surface area contributed by atoms with E-state index in [0.717, 1.165) is 17.5 Å². The van der Waals surface area contributed by atoms with Crippen LogP contribution in [0, 0.1) is 23.7 Å². The highest BCUT2D eigenvalue weighted by Crippen LogP contribution is 2.35. The third-order valence-corrected chi connectivity index (χ3v) is 6.90. The largest absolute Gasteiger partial charge is 0.497 e. The molecule has 1 saturated heterocycles. The standard InChI is InChI=1S/C28H28ClFN2O3/c1-35-22-9-11-27-24(17-22)23(12-14-31-27)26(30)10-6-20-13-16-32(18-25(20)28(33)34)15-2-3-19-4-7-21(29)8-5-19/h4-5,7-9,11-12,14,17,20,25-26H,6,10,13,15-16,18H2,1H3,(H,33,34)/t20-,25+,26-/m1/s1. The zero-order valence-electron chi connectivity index (χ0n) is 19.6. The van der Waals surface area contributed by atoms with Crippen LogP contribution in [-0.2, 0) is 4.79 Å². The second-order valence-electron chi connectivity index (χ2n) is 8.87. The first kappa shape index (κ1) is 25.0. The first-order chi connectivity index (χ1) is 16.9. The van der Waals surface area contributed by atoms with Crippen LogP contribution in [0.4, 0.5) is 4.39 Å². The Bertz CT molecular complexity index is 1240. The summed E-state index contributed by atoms with van der Waals surface area (Å²) in [7, 11) is 1.58. The second kappa shape index (κ2) is 11.5. The maximum Gasteiger partial charge on any atom is 0.308 e. The lowest BCUT2D eigenvalue weighted by Crippen LogP contribution is -2.44. The van der Waals surface area contributed by atoms with E-state index in [9.17, 15) is 9.90 Å². The molecule has 0 aliphatic carbocycles. The van der Waals surface area contributed by atoms with E-state index in [-0.39, 0.29) is 12.3 Å². The molecule has 1 aromatic heterocycles. The van der Waals surface area contributed by atoms with E-state index in [0.29, 0.717) is 47.8 Å². The Hall–Kier alpha value is -3.14. The number of benzene rings is 2. The molecule has 0 unspecified atom stereocenters. The van der Waals surface area contributed by atoms with Gasteiger partial charge in [0.1, 0.15) is 11.9 Å². The molecule has 7 heteroatoms. The second-order valence-corrected chi connectivity index (χ2v) is 9.30. The molecule has 0 bridgehead atoms. The van der Waals surface area contributed by atoms with Gasteiger partial charge in [-0.25, -0.2) is 4.39 Å². The van der Waals surface area contributed by atoms with Crippen LogP contribution in [0.1, 0.15) is 36.6 Å². The van der Waals surface area contributed by atoms with Gasteiger partial charge in [-0.05, 0) is 85.8 Å². The summed E-state index contributed by atoms with van der Waals surface area (Å²) in [6.45, 7) is 1.66. The molecule has 1 aliphatic heterocycles. The molecule has 5 nitrogen and oxygen atoms in total. The minimum absolute atomic E-state index is 0.0751. The number of hydrogen-bond donors (Lipinski definition) is 1. The van der Waals surface area contributed by atoms with Gasteiger partial charge in [-0.2, -0.15) is 0 Å². The molecule has 0 spiro atoms. The Balaban J connectivity index is 1.37. The molecule has 0 saturated carbocycles. The number of likely N-dealkylation sites (tertiary alicyclic amines) is 1. The van der Waals surface area contributed by atoms with Gasteiger partial charge in [-0.1, -0.05) is 23.4 Å². The molecule has 1 fully saturated rings. The highest BCUT2D eigenvalue weighted by atomic mass is 35.5. The summed E-state index contributed by atoms with van der Waals surface area (Å²) in [6.07, 6.45) is 1.89. The van der Waals surface area contributed by atoms with Crippen molar-refractivity contribution in [2.45, 2.75) is 25.4 Å². The monoisotopic (exact) mass is 494 g/mol. The number of alkyl halides is 1. The molecule has 0 radical (unpaired) electrons. The molecule has 2 aromatic carbocycles. The topological polar surface area (TPSA) is 62.7 Å². The zero-order valence-corrected chi connectivity index (χ0v) is 20.3. The van der Waals surface area contributed by atoms with Gasteiger partial charge in [0.25, 0.3) is 0 Å². The predicted octanol–water partition coefficient (Wildman–Crippen LogP) is 5.76. The molecule has 1 aliphatic rings. The molecule has 2 heterocycles. The summed E-state index contributed by atoms with van der Waals surface area (Å²) < 4.78 is 20.6. The van der Waals surface area contributed by atoms with Gasteiger partial charge < -0.3 is 9.84 Å². The number of carbonyl (C=O) groups is 1. The van der Waals surface area contributed by atoms with Crippen LogP contribution in [0.25, 0.3) is 10.9 Å². The fourth-order valence-corrected chi connectivity index (χ4v) is 4.81. The summed E-state index contributed by atoms with van der Waals surface area (Å²) in [5.41, 5.74) is 2.15. The summed E-state index contributed by atoms with van der Waals surface area (Å²) >= 11 is 5.90. The molecular formula is C28H28ClFN2O3. The molecule has 182 valence electrons. The van der Waals surface area contributed by atoms with Crippen molar-refractivity contribution < 1.29 is 19.0 Å². The van der Waals surface area contributed by atoms with Gasteiger partial charge in [0, 0.05) is 28.7 Å². The third-order valence-electron chi connectivity index (χ3n) is 6.65. The van der Waals surface area contributed by atoms with Crippen molar-refractivity contribution in [1.82, 2.24) is 9.88 Å². The van der Waals surface area contributed by atoms with Gasteiger partial charge in [-0.15, -0.1) is 0 Å². The number of hydrogen-bond acceptors (Lipinski definition) is 4. The average Bonchev–Trinajstić information content (AvgIpc) is 2.88. The van der Waals surface area contributed by atoms with Gasteiger partial charge in [-0.3, -0.25) is 14.7 Å². The van der Waals surface area contributed by atoms with E-state index in [1.165, 1.54) is 0 Å². The van der Waals surface area contributed by atoms with Crippen molar-refractivity contribution in [3.63, 3.8) is 0 Å². The smallest absolute Gasteiger partial charge is 0.308 e. The van der Waals surface area contributed by atoms with E-state index in [1.807, 2.05) is 18.2 Å². The van der Waals surface area contributed by atoms with Crippen molar-refractivity contribution in [3.05, 3.63) is 70.9 Å². The van der Waals surface area contributed by atoms with Crippen LogP contribution in [0.15, 0.2) is 54.7 Å². The normalized spacial score (nSPS) is 19.1. The van der Waals surface area contributed by atoms with Crippen molar-refractivity contribution in [2.75, 3.05) is 26.7 Å². The lowest BCUT2D eigenvalue weighted by molar-refractivity contribution is -0.146. The minimum Gasteiger partial charge on any atom is -0.497 e. The zero-order chi connectivity index (χ0) is 24.8. The van der Waals surface area contributed by atoms with E-state index < -0.39 is 18.1 Å². The Morgan fingerprint density at radius 2 is 2.09 bits per heavy atom. The van der Waals surface area contributed by atoms with Gasteiger partial charge in [0.05, 0.1) is 25.1 Å². The Morgan fingerprint density at radius 1 is 1.29 bits per heavy atom. The molecule has 0 amide bonds. The Kier molecular flexibility index (Phi) is 8.22. The number of halogens is 2. The number of carboxylic acids is 1. The van der Waals surface area contributed by atoms with Crippen LogP contribution in [0.5, 0.6) is 5.75 Å². The van der Waals surface area contributed by atoms with Gasteiger partial charge >= 0.3 is 5.97 Å². The molecule has 35 heavy (non-hydrogen) atoms. The Morgan fingerprint density at radius 3 is 2.83 bits per heavy atom. The maximum atomic E-state index is 15.4.